The number of nitrogens with one attached hydrogen (secondary N) is 1. The summed E-state index contributed by atoms with van der Waals surface area (Å²) in [5.74, 6) is 0. The summed E-state index contributed by atoms with van der Waals surface area (Å²) in [6.45, 7) is 0.665. The first-order valence-corrected chi connectivity index (χ1v) is 11.3. The largest absolute Gasteiger partial charge is 0.376 e. The van der Waals surface area contributed by atoms with Crippen molar-refractivity contribution in [1.82, 2.24) is 14.3 Å². The van der Waals surface area contributed by atoms with E-state index in [2.05, 4.69) is 111 Å². The molecule has 0 aliphatic rings. The Morgan fingerprint density at radius 2 is 1.35 bits per heavy atom. The molecular formula is C25H24N4S2. The van der Waals surface area contributed by atoms with E-state index in [-0.39, 0.29) is 0 Å². The number of hydrogen-bond donors (Lipinski definition) is 2. The maximum Gasteiger partial charge on any atom is 0.163 e. The van der Waals surface area contributed by atoms with Gasteiger partial charge in [-0.05, 0) is 40.9 Å². The molecule has 6 heteroatoms. The van der Waals surface area contributed by atoms with Gasteiger partial charge < -0.3 is 11.1 Å². The van der Waals surface area contributed by atoms with Crippen LogP contribution in [0.5, 0.6) is 0 Å². The van der Waals surface area contributed by atoms with Gasteiger partial charge >= 0.3 is 0 Å². The van der Waals surface area contributed by atoms with E-state index >= 15 is 0 Å². The van der Waals surface area contributed by atoms with Gasteiger partial charge in [0.1, 0.15) is 11.1 Å². The number of benzene rings is 3. The molecule has 1 heterocycles. The predicted octanol–water partition coefficient (Wildman–Crippen LogP) is 4.75. The molecule has 0 atom stereocenters. The molecule has 0 unspecified atom stereocenters. The number of nitrogens with zero attached hydrogens (tertiary/aromatic N) is 2. The van der Waals surface area contributed by atoms with Crippen molar-refractivity contribution < 1.29 is 0 Å². The van der Waals surface area contributed by atoms with E-state index in [1.54, 1.807) is 11.9 Å². The lowest BCUT2D eigenvalue weighted by atomic mass is 9.84. The van der Waals surface area contributed by atoms with Gasteiger partial charge in [-0.2, -0.15) is 0 Å². The molecule has 3 aromatic carbocycles. The van der Waals surface area contributed by atoms with Crippen molar-refractivity contribution in [2.45, 2.75) is 11.2 Å². The summed E-state index contributed by atoms with van der Waals surface area (Å²) in [5, 5.41) is 3.29. The molecule has 0 amide bonds. The summed E-state index contributed by atoms with van der Waals surface area (Å²) in [6.07, 6.45) is 4.71. The van der Waals surface area contributed by atoms with Crippen LogP contribution < -0.4 is 11.1 Å². The van der Waals surface area contributed by atoms with E-state index in [1.807, 2.05) is 6.33 Å². The summed E-state index contributed by atoms with van der Waals surface area (Å²) in [5.41, 5.74) is 10.1. The van der Waals surface area contributed by atoms with Gasteiger partial charge in [0.25, 0.3) is 0 Å². The van der Waals surface area contributed by atoms with Crippen LogP contribution in [0, 0.1) is 0 Å². The number of hydrogen-bond acceptors (Lipinski definition) is 3. The van der Waals surface area contributed by atoms with E-state index < -0.39 is 4.75 Å². The van der Waals surface area contributed by atoms with Gasteiger partial charge in [0, 0.05) is 19.2 Å². The molecule has 0 saturated heterocycles. The van der Waals surface area contributed by atoms with Gasteiger partial charge in [0.05, 0.1) is 5.69 Å². The molecule has 4 rings (SSSR count). The highest BCUT2D eigenvalue weighted by atomic mass is 32.2. The summed E-state index contributed by atoms with van der Waals surface area (Å²) in [4.78, 5) is 4.60. The Morgan fingerprint density at radius 3 is 1.81 bits per heavy atom. The van der Waals surface area contributed by atoms with Crippen LogP contribution in [-0.4, -0.2) is 20.6 Å². The van der Waals surface area contributed by atoms with Crippen molar-refractivity contribution in [3.63, 3.8) is 0 Å². The molecular weight excluding hydrogens is 420 g/mol. The Labute approximate surface area is 192 Å². The minimum absolute atomic E-state index is 0.310. The highest BCUT2D eigenvalue weighted by Crippen LogP contribution is 2.48. The van der Waals surface area contributed by atoms with Gasteiger partial charge in [-0.15, -0.1) is 0 Å². The molecule has 0 aliphatic heterocycles. The Bertz CT molecular complexity index is 1020. The van der Waals surface area contributed by atoms with Crippen molar-refractivity contribution in [3.8, 4) is 0 Å². The number of imidazole rings is 1. The van der Waals surface area contributed by atoms with Gasteiger partial charge in [0.2, 0.25) is 0 Å². The first-order valence-electron chi connectivity index (χ1n) is 10.1. The highest BCUT2D eigenvalue weighted by molar-refractivity contribution is 7.99. The van der Waals surface area contributed by atoms with Crippen molar-refractivity contribution in [3.05, 3.63) is 126 Å². The van der Waals surface area contributed by atoms with E-state index in [0.29, 0.717) is 11.7 Å². The lowest BCUT2D eigenvalue weighted by molar-refractivity contribution is 0.850. The zero-order chi connectivity index (χ0) is 21.5. The molecule has 0 saturated carbocycles. The maximum absolute atomic E-state index is 5.53. The molecule has 0 fully saturated rings. The normalized spacial score (nSPS) is 11.2. The van der Waals surface area contributed by atoms with E-state index in [9.17, 15) is 0 Å². The van der Waals surface area contributed by atoms with Crippen LogP contribution in [0.2, 0.25) is 0 Å². The minimum Gasteiger partial charge on any atom is -0.376 e. The first kappa shape index (κ1) is 21.2. The average molecular weight is 445 g/mol. The summed E-state index contributed by atoms with van der Waals surface area (Å²) in [7, 11) is 0. The fraction of sp³-hybridized carbons (Fsp3) is 0.120. The number of thiocarbonyl (C=S) groups is 1. The zero-order valence-corrected chi connectivity index (χ0v) is 18.7. The number of rotatable bonds is 8. The Balaban J connectivity index is 1.78. The molecule has 1 aromatic heterocycles. The third-order valence-corrected chi connectivity index (χ3v) is 6.61. The van der Waals surface area contributed by atoms with Crippen LogP contribution >= 0.6 is 24.2 Å². The predicted molar refractivity (Wildman–Crippen MR) is 133 cm³/mol. The molecule has 156 valence electrons. The topological polar surface area (TPSA) is 55.9 Å². The lowest BCUT2D eigenvalue weighted by Gasteiger charge is -2.35. The maximum atomic E-state index is 5.53. The molecule has 0 bridgehead atoms. The van der Waals surface area contributed by atoms with Crippen LogP contribution in [0.1, 0.15) is 22.4 Å². The average Bonchev–Trinajstić information content (AvgIpc) is 3.26. The Morgan fingerprint density at radius 1 is 0.871 bits per heavy atom. The van der Waals surface area contributed by atoms with Gasteiger partial charge in [-0.1, -0.05) is 91.0 Å². The summed E-state index contributed by atoms with van der Waals surface area (Å²) < 4.78 is 1.67. The molecule has 4 nitrogen and oxygen atoms in total. The SMILES string of the molecule is NC(=S)NCCc1cn(SC(c2ccccc2)(c2ccccc2)c2ccccc2)cn1. The second-order valence-corrected chi connectivity index (χ2v) is 8.79. The van der Waals surface area contributed by atoms with Crippen LogP contribution in [-0.2, 0) is 11.2 Å². The van der Waals surface area contributed by atoms with Gasteiger partial charge in [-0.25, -0.2) is 4.98 Å². The molecule has 0 aliphatic carbocycles. The molecule has 3 N–H and O–H groups in total. The van der Waals surface area contributed by atoms with Gasteiger partial charge in [-0.3, -0.25) is 3.97 Å². The second-order valence-electron chi connectivity index (χ2n) is 7.14. The zero-order valence-electron chi connectivity index (χ0n) is 17.0. The standard InChI is InChI=1S/C25H24N4S2/c26-24(30)27-17-16-23-18-29(19-28-23)31-25(20-10-4-1-5-11-20,21-12-6-2-7-13-21)22-14-8-3-9-15-22/h1-15,18-19H,16-17H2,(H3,26,27,30). The minimum atomic E-state index is -0.432. The Hall–Kier alpha value is -3.09. The fourth-order valence-corrected chi connectivity index (χ4v) is 5.08. The van der Waals surface area contributed by atoms with E-state index in [4.69, 9.17) is 18.0 Å². The third-order valence-electron chi connectivity index (χ3n) is 5.08. The summed E-state index contributed by atoms with van der Waals surface area (Å²) >= 11 is 6.63. The quantitative estimate of drug-likeness (QED) is 0.303. The molecule has 31 heavy (non-hydrogen) atoms. The monoisotopic (exact) mass is 444 g/mol. The number of nitrogens with two attached hydrogens (primary N) is 1. The van der Waals surface area contributed by atoms with E-state index in [1.165, 1.54) is 16.7 Å². The van der Waals surface area contributed by atoms with Crippen LogP contribution in [0.15, 0.2) is 104 Å². The lowest BCUT2D eigenvalue weighted by Crippen LogP contribution is -2.30. The van der Waals surface area contributed by atoms with Crippen LogP contribution in [0.25, 0.3) is 0 Å². The summed E-state index contributed by atoms with van der Waals surface area (Å²) in [6, 6.07) is 31.9. The molecule has 4 aromatic rings. The smallest absolute Gasteiger partial charge is 0.163 e. The third kappa shape index (κ3) is 4.81. The van der Waals surface area contributed by atoms with Crippen LogP contribution in [0.3, 0.4) is 0 Å². The van der Waals surface area contributed by atoms with E-state index in [0.717, 1.165) is 12.1 Å². The number of aromatic nitrogens is 2. The van der Waals surface area contributed by atoms with Crippen molar-refractivity contribution in [2.24, 2.45) is 5.73 Å². The molecule has 0 spiro atoms. The molecule has 0 radical (unpaired) electrons. The first-order chi connectivity index (χ1) is 15.2. The van der Waals surface area contributed by atoms with Crippen LogP contribution in [0.4, 0.5) is 0 Å². The van der Waals surface area contributed by atoms with Crippen molar-refractivity contribution in [1.29, 1.82) is 0 Å². The van der Waals surface area contributed by atoms with Crippen molar-refractivity contribution in [2.75, 3.05) is 6.54 Å². The highest BCUT2D eigenvalue weighted by Gasteiger charge is 2.38. The van der Waals surface area contributed by atoms with Crippen molar-refractivity contribution >= 4 is 29.3 Å². The Kier molecular flexibility index (Phi) is 6.70. The fourth-order valence-electron chi connectivity index (χ4n) is 3.67. The second kappa shape index (κ2) is 9.81. The van der Waals surface area contributed by atoms with Gasteiger partial charge in [0.15, 0.2) is 5.11 Å².